The van der Waals surface area contributed by atoms with Gasteiger partial charge in [-0.05, 0) is 29.5 Å². The highest BCUT2D eigenvalue weighted by Crippen LogP contribution is 2.36. The van der Waals surface area contributed by atoms with Crippen LogP contribution in [0.25, 0.3) is 17.0 Å². The number of para-hydroxylation sites is 1. The highest BCUT2D eigenvalue weighted by Gasteiger charge is 2.22. The zero-order valence-corrected chi connectivity index (χ0v) is 13.7. The summed E-state index contributed by atoms with van der Waals surface area (Å²) in [6.45, 7) is 0. The molecule has 0 unspecified atom stereocenters. The number of rotatable bonds is 2. The van der Waals surface area contributed by atoms with E-state index in [0.29, 0.717) is 10.6 Å². The second-order valence-electron chi connectivity index (χ2n) is 5.29. The van der Waals surface area contributed by atoms with Gasteiger partial charge >= 0.3 is 0 Å². The average molecular weight is 348 g/mol. The fourth-order valence-electron chi connectivity index (χ4n) is 2.45. The van der Waals surface area contributed by atoms with E-state index in [1.165, 1.54) is 0 Å². The highest BCUT2D eigenvalue weighted by atomic mass is 32.2. The van der Waals surface area contributed by atoms with Gasteiger partial charge in [0.05, 0.1) is 10.4 Å². The quantitative estimate of drug-likeness (QED) is 0.522. The number of H-pyrrole nitrogens is 1. The van der Waals surface area contributed by atoms with Crippen molar-refractivity contribution in [2.75, 3.05) is 0 Å². The summed E-state index contributed by atoms with van der Waals surface area (Å²) in [5.74, 6) is -0.411. The van der Waals surface area contributed by atoms with E-state index >= 15 is 0 Å². The zero-order valence-electron chi connectivity index (χ0n) is 12.9. The number of nitrogens with zero attached hydrogens (tertiary/aromatic N) is 3. The second-order valence-corrected chi connectivity index (χ2v) is 6.30. The number of nitrogens with one attached hydrogen (secondary N) is 1. The fraction of sp³-hybridized carbons (Fsp3) is 0. The van der Waals surface area contributed by atoms with Crippen LogP contribution in [0.2, 0.25) is 0 Å². The molecule has 0 spiro atoms. The van der Waals surface area contributed by atoms with Crippen molar-refractivity contribution >= 4 is 45.5 Å². The van der Waals surface area contributed by atoms with Crippen molar-refractivity contribution in [1.82, 2.24) is 4.98 Å². The maximum atomic E-state index is 12.0. The van der Waals surface area contributed by atoms with Gasteiger partial charge in [0, 0.05) is 5.39 Å². The number of amidine groups is 1. The summed E-state index contributed by atoms with van der Waals surface area (Å²) in [6, 6.07) is 16.9. The van der Waals surface area contributed by atoms with Crippen LogP contribution in [0, 0.1) is 0 Å². The van der Waals surface area contributed by atoms with Crippen molar-refractivity contribution in [3.63, 3.8) is 0 Å². The molecule has 0 saturated heterocycles. The molecule has 0 bridgehead atoms. The number of azo groups is 1. The Morgan fingerprint density at radius 3 is 2.64 bits per heavy atom. The number of hydrogen-bond donors (Lipinski definition) is 2. The lowest BCUT2D eigenvalue weighted by Gasteiger charge is -1.94. The van der Waals surface area contributed by atoms with Gasteiger partial charge in [0.15, 0.2) is 5.69 Å². The first kappa shape index (κ1) is 15.3. The van der Waals surface area contributed by atoms with E-state index in [9.17, 15) is 9.90 Å². The van der Waals surface area contributed by atoms with E-state index in [0.717, 1.165) is 28.2 Å². The molecule has 7 heteroatoms. The number of carbonyl (C=O) groups is 1. The number of fused-ring (bicyclic) bond motifs is 1. The summed E-state index contributed by atoms with van der Waals surface area (Å²) in [7, 11) is 0. The molecular weight excluding hydrogens is 336 g/mol. The number of carbonyl (C=O) groups excluding carboxylic acids is 1. The molecule has 2 aromatic carbocycles. The monoisotopic (exact) mass is 348 g/mol. The number of thioether (sulfide) groups is 1. The van der Waals surface area contributed by atoms with Crippen LogP contribution in [-0.4, -0.2) is 21.2 Å². The number of amides is 1. The summed E-state index contributed by atoms with van der Waals surface area (Å²) in [5, 5.41) is 19.0. The predicted molar refractivity (Wildman–Crippen MR) is 98.9 cm³/mol. The zero-order chi connectivity index (χ0) is 17.2. The number of hydrogen-bond acceptors (Lipinski definition) is 5. The smallest absolute Gasteiger partial charge is 0.286 e. The van der Waals surface area contributed by atoms with Crippen LogP contribution in [0.5, 0.6) is 5.88 Å². The average Bonchev–Trinajstić information content (AvgIpc) is 3.13. The Hall–Kier alpha value is -3.19. The van der Waals surface area contributed by atoms with Crippen molar-refractivity contribution in [2.45, 2.75) is 0 Å². The number of aliphatic imine (C=N–C) groups is 1. The first-order chi connectivity index (χ1) is 12.2. The summed E-state index contributed by atoms with van der Waals surface area (Å²) < 4.78 is 0. The van der Waals surface area contributed by atoms with Crippen LogP contribution >= 0.6 is 11.8 Å². The van der Waals surface area contributed by atoms with Gasteiger partial charge in [-0.25, -0.2) is 0 Å². The van der Waals surface area contributed by atoms with Crippen LogP contribution in [0.4, 0.5) is 5.69 Å². The van der Waals surface area contributed by atoms with Gasteiger partial charge in [0.1, 0.15) is 0 Å². The van der Waals surface area contributed by atoms with Crippen molar-refractivity contribution < 1.29 is 9.90 Å². The minimum atomic E-state index is -0.342. The maximum Gasteiger partial charge on any atom is 0.286 e. The summed E-state index contributed by atoms with van der Waals surface area (Å²) >= 11 is 1.16. The van der Waals surface area contributed by atoms with Gasteiger partial charge < -0.3 is 10.1 Å². The standard InChI is InChI=1S/C18H12N4O2S/c23-16-14(10-11-6-2-1-3-7-11)25-18(20-16)22-21-15-12-8-4-5-9-13(12)19-17(15)24/h1-10,19,24H/b14-10+,22-21?. The Labute approximate surface area is 147 Å². The van der Waals surface area contributed by atoms with Crippen molar-refractivity contribution in [3.05, 3.63) is 65.1 Å². The van der Waals surface area contributed by atoms with Crippen molar-refractivity contribution in [3.8, 4) is 5.88 Å². The first-order valence-corrected chi connectivity index (χ1v) is 8.31. The second kappa shape index (κ2) is 6.37. The van der Waals surface area contributed by atoms with Crippen LogP contribution in [0.1, 0.15) is 5.56 Å². The number of aromatic nitrogens is 1. The third kappa shape index (κ3) is 3.09. The van der Waals surface area contributed by atoms with E-state index in [4.69, 9.17) is 0 Å². The molecule has 0 radical (unpaired) electrons. The van der Waals surface area contributed by atoms with Crippen LogP contribution < -0.4 is 0 Å². The van der Waals surface area contributed by atoms with Crippen LogP contribution in [0.15, 0.2) is 74.7 Å². The third-order valence-electron chi connectivity index (χ3n) is 3.60. The lowest BCUT2D eigenvalue weighted by Crippen LogP contribution is -1.87. The molecule has 0 atom stereocenters. The molecular formula is C18H12N4O2S. The molecule has 3 aromatic rings. The van der Waals surface area contributed by atoms with E-state index < -0.39 is 0 Å². The Bertz CT molecular complexity index is 1050. The molecule has 122 valence electrons. The molecule has 2 heterocycles. The molecule has 0 fully saturated rings. The minimum Gasteiger partial charge on any atom is -0.493 e. The van der Waals surface area contributed by atoms with Crippen LogP contribution in [-0.2, 0) is 4.79 Å². The molecule has 1 aromatic heterocycles. The van der Waals surface area contributed by atoms with Gasteiger partial charge in [0.25, 0.3) is 5.91 Å². The molecule has 0 aliphatic carbocycles. The van der Waals surface area contributed by atoms with Crippen LogP contribution in [0.3, 0.4) is 0 Å². The highest BCUT2D eigenvalue weighted by molar-refractivity contribution is 8.18. The molecule has 25 heavy (non-hydrogen) atoms. The lowest BCUT2D eigenvalue weighted by atomic mass is 10.2. The number of aromatic amines is 1. The van der Waals surface area contributed by atoms with Gasteiger partial charge in [-0.15, -0.1) is 10.2 Å². The molecule has 1 aliphatic rings. The largest absolute Gasteiger partial charge is 0.493 e. The molecule has 1 amide bonds. The van der Waals surface area contributed by atoms with Gasteiger partial charge in [-0.2, -0.15) is 4.99 Å². The normalized spacial score (nSPS) is 16.2. The van der Waals surface area contributed by atoms with E-state index in [1.54, 1.807) is 6.08 Å². The van der Waals surface area contributed by atoms with Gasteiger partial charge in [-0.1, -0.05) is 48.5 Å². The van der Waals surface area contributed by atoms with E-state index in [1.807, 2.05) is 54.6 Å². The predicted octanol–water partition coefficient (Wildman–Crippen LogP) is 4.63. The molecule has 2 N–H and O–H groups in total. The van der Waals surface area contributed by atoms with Gasteiger partial charge in [0.2, 0.25) is 11.0 Å². The molecule has 0 saturated carbocycles. The van der Waals surface area contributed by atoms with E-state index in [-0.39, 0.29) is 17.0 Å². The summed E-state index contributed by atoms with van der Waals surface area (Å²) in [6.07, 6.45) is 1.77. The fourth-order valence-corrected chi connectivity index (χ4v) is 3.18. The SMILES string of the molecule is O=C1N=C(N=Nc2c(O)[nH]c3ccccc23)S/C1=C/c1ccccc1. The van der Waals surface area contributed by atoms with Crippen molar-refractivity contribution in [1.29, 1.82) is 0 Å². The lowest BCUT2D eigenvalue weighted by molar-refractivity contribution is -0.113. The minimum absolute atomic E-state index is 0.0695. The topological polar surface area (TPSA) is 90.2 Å². The Morgan fingerprint density at radius 2 is 1.80 bits per heavy atom. The molecule has 1 aliphatic heterocycles. The Balaban J connectivity index is 1.58. The number of aromatic hydroxyl groups is 1. The maximum absolute atomic E-state index is 12.0. The Kier molecular flexibility index (Phi) is 3.91. The third-order valence-corrected chi connectivity index (χ3v) is 4.47. The molecule has 4 rings (SSSR count). The summed E-state index contributed by atoms with van der Waals surface area (Å²) in [5.41, 5.74) is 2.00. The van der Waals surface area contributed by atoms with Gasteiger partial charge in [-0.3, -0.25) is 4.79 Å². The van der Waals surface area contributed by atoms with E-state index in [2.05, 4.69) is 20.2 Å². The first-order valence-electron chi connectivity index (χ1n) is 7.50. The summed E-state index contributed by atoms with van der Waals surface area (Å²) in [4.78, 5) is 19.2. The molecule has 6 nitrogen and oxygen atoms in total. The Morgan fingerprint density at radius 1 is 1.04 bits per heavy atom. The number of benzene rings is 2. The van der Waals surface area contributed by atoms with Crippen molar-refractivity contribution in [2.24, 2.45) is 15.2 Å².